The van der Waals surface area contributed by atoms with Crippen molar-refractivity contribution in [2.75, 3.05) is 7.11 Å². The van der Waals surface area contributed by atoms with E-state index in [1.54, 1.807) is 18.2 Å². The third-order valence-electron chi connectivity index (χ3n) is 2.38. The Morgan fingerprint density at radius 1 is 1.35 bits per heavy atom. The Labute approximate surface area is 104 Å². The van der Waals surface area contributed by atoms with Gasteiger partial charge in [0.15, 0.2) is 0 Å². The maximum absolute atomic E-state index is 11.6. The van der Waals surface area contributed by atoms with Crippen molar-refractivity contribution in [1.82, 2.24) is 0 Å². The number of aryl methyl sites for hydroxylation is 1. The molecule has 0 aliphatic heterocycles. The lowest BCUT2D eigenvalue weighted by Crippen LogP contribution is -2.10. The summed E-state index contributed by atoms with van der Waals surface area (Å²) in [6.45, 7) is 0. The maximum atomic E-state index is 11.6. The van der Waals surface area contributed by atoms with Gasteiger partial charge < -0.3 is 9.84 Å². The first-order valence-electron chi connectivity index (χ1n) is 5.07. The number of carboxylic acid groups (broad SMARTS) is 1. The van der Waals surface area contributed by atoms with Crippen LogP contribution in [0.25, 0.3) is 0 Å². The van der Waals surface area contributed by atoms with Crippen molar-refractivity contribution in [3.63, 3.8) is 0 Å². The molecule has 17 heavy (non-hydrogen) atoms. The van der Waals surface area contributed by atoms with Gasteiger partial charge in [-0.1, -0.05) is 18.2 Å². The number of carbonyl (C=O) groups is 2. The molecule has 1 aromatic carbocycles. The van der Waals surface area contributed by atoms with E-state index in [4.69, 9.17) is 16.7 Å². The largest absolute Gasteiger partial charge is 0.481 e. The average Bonchev–Trinajstić information content (AvgIpc) is 2.34. The highest BCUT2D eigenvalue weighted by Crippen LogP contribution is 2.19. The fraction of sp³-hybridized carbons (Fsp3) is 0.333. The van der Waals surface area contributed by atoms with Crippen LogP contribution in [0.4, 0.5) is 0 Å². The van der Waals surface area contributed by atoms with E-state index in [0.717, 1.165) is 0 Å². The number of hydrogen-bond acceptors (Lipinski definition) is 3. The molecule has 1 aromatic rings. The van der Waals surface area contributed by atoms with Crippen LogP contribution < -0.4 is 0 Å². The molecule has 0 saturated carbocycles. The van der Waals surface area contributed by atoms with Gasteiger partial charge in [0, 0.05) is 12.3 Å². The standard InChI is InChI=1S/C12H13ClO4/c1-17-12(16)11-8(5-6-10(14)15)3-2-4-9(11)7-13/h2-4H,5-7H2,1H3,(H,14,15). The van der Waals surface area contributed by atoms with Crippen LogP contribution in [-0.2, 0) is 21.8 Å². The number of ether oxygens (including phenoxy) is 1. The predicted octanol–water partition coefficient (Wildman–Crippen LogP) is 2.23. The van der Waals surface area contributed by atoms with Crippen molar-refractivity contribution in [3.8, 4) is 0 Å². The van der Waals surface area contributed by atoms with Gasteiger partial charge in [0.1, 0.15) is 0 Å². The number of carbonyl (C=O) groups excluding carboxylic acids is 1. The topological polar surface area (TPSA) is 63.6 Å². The minimum absolute atomic E-state index is 0.0320. The summed E-state index contributed by atoms with van der Waals surface area (Å²) in [7, 11) is 1.29. The van der Waals surface area contributed by atoms with Crippen LogP contribution in [0.15, 0.2) is 18.2 Å². The number of hydrogen-bond donors (Lipinski definition) is 1. The number of halogens is 1. The zero-order chi connectivity index (χ0) is 12.8. The number of benzene rings is 1. The van der Waals surface area contributed by atoms with Gasteiger partial charge in [-0.2, -0.15) is 0 Å². The van der Waals surface area contributed by atoms with Gasteiger partial charge in [-0.25, -0.2) is 4.79 Å². The number of methoxy groups -OCH3 is 1. The molecule has 0 aliphatic carbocycles. The molecule has 1 N–H and O–H groups in total. The lowest BCUT2D eigenvalue weighted by Gasteiger charge is -2.10. The molecule has 4 nitrogen and oxygen atoms in total. The summed E-state index contributed by atoms with van der Waals surface area (Å²) in [5.41, 5.74) is 1.69. The van der Waals surface area contributed by atoms with Crippen molar-refractivity contribution >= 4 is 23.5 Å². The third kappa shape index (κ3) is 3.46. The van der Waals surface area contributed by atoms with Crippen molar-refractivity contribution < 1.29 is 19.4 Å². The highest BCUT2D eigenvalue weighted by Gasteiger charge is 2.16. The minimum Gasteiger partial charge on any atom is -0.481 e. The molecule has 0 radical (unpaired) electrons. The Bertz CT molecular complexity index is 429. The number of aliphatic carboxylic acids is 1. The van der Waals surface area contributed by atoms with E-state index in [1.807, 2.05) is 0 Å². The quantitative estimate of drug-likeness (QED) is 0.648. The molecule has 0 heterocycles. The van der Waals surface area contributed by atoms with Crippen LogP contribution >= 0.6 is 11.6 Å². The highest BCUT2D eigenvalue weighted by molar-refractivity contribution is 6.17. The molecule has 5 heteroatoms. The van der Waals surface area contributed by atoms with Crippen LogP contribution in [-0.4, -0.2) is 24.2 Å². The monoisotopic (exact) mass is 256 g/mol. The summed E-state index contributed by atoms with van der Waals surface area (Å²) in [6.07, 6.45) is 0.250. The van der Waals surface area contributed by atoms with Crippen LogP contribution in [0, 0.1) is 0 Å². The molecule has 0 saturated heterocycles. The maximum Gasteiger partial charge on any atom is 0.338 e. The molecule has 0 aliphatic rings. The Morgan fingerprint density at radius 3 is 2.53 bits per heavy atom. The molecule has 92 valence electrons. The summed E-state index contributed by atoms with van der Waals surface area (Å²) >= 11 is 5.74. The number of alkyl halides is 1. The molecule has 0 fully saturated rings. The van der Waals surface area contributed by atoms with Gasteiger partial charge in [0.2, 0.25) is 0 Å². The van der Waals surface area contributed by atoms with E-state index >= 15 is 0 Å². The zero-order valence-electron chi connectivity index (χ0n) is 9.40. The molecular formula is C12H13ClO4. The van der Waals surface area contributed by atoms with Gasteiger partial charge in [0.25, 0.3) is 0 Å². The second kappa shape index (κ2) is 6.25. The summed E-state index contributed by atoms with van der Waals surface area (Å²) in [6, 6.07) is 5.19. The van der Waals surface area contributed by atoms with Gasteiger partial charge in [-0.3, -0.25) is 4.79 Å². The molecule has 0 bridgehead atoms. The first-order valence-corrected chi connectivity index (χ1v) is 5.60. The first-order chi connectivity index (χ1) is 8.10. The lowest BCUT2D eigenvalue weighted by atomic mass is 9.98. The summed E-state index contributed by atoms with van der Waals surface area (Å²) in [4.78, 5) is 22.2. The summed E-state index contributed by atoms with van der Waals surface area (Å²) < 4.78 is 4.68. The molecule has 1 rings (SSSR count). The van der Waals surface area contributed by atoms with Gasteiger partial charge in [-0.05, 0) is 17.5 Å². The second-order valence-corrected chi connectivity index (χ2v) is 3.74. The van der Waals surface area contributed by atoms with Crippen molar-refractivity contribution in [1.29, 1.82) is 0 Å². The molecular weight excluding hydrogens is 244 g/mol. The number of carboxylic acids is 1. The smallest absolute Gasteiger partial charge is 0.338 e. The highest BCUT2D eigenvalue weighted by atomic mass is 35.5. The number of esters is 1. The van der Waals surface area contributed by atoms with E-state index in [9.17, 15) is 9.59 Å². The van der Waals surface area contributed by atoms with Crippen LogP contribution in [0.1, 0.15) is 27.9 Å². The van der Waals surface area contributed by atoms with Crippen LogP contribution in [0.2, 0.25) is 0 Å². The van der Waals surface area contributed by atoms with E-state index in [2.05, 4.69) is 4.74 Å². The normalized spacial score (nSPS) is 10.0. The molecule has 0 amide bonds. The molecule has 0 atom stereocenters. The fourth-order valence-electron chi connectivity index (χ4n) is 1.58. The Kier molecular flexibility index (Phi) is 4.97. The van der Waals surface area contributed by atoms with Gasteiger partial charge >= 0.3 is 11.9 Å². The molecule has 0 spiro atoms. The Hall–Kier alpha value is -1.55. The fourth-order valence-corrected chi connectivity index (χ4v) is 1.80. The zero-order valence-corrected chi connectivity index (χ0v) is 10.2. The first kappa shape index (κ1) is 13.5. The SMILES string of the molecule is COC(=O)c1c(CCl)cccc1CCC(=O)O. The Balaban J connectivity index is 3.10. The molecule has 0 unspecified atom stereocenters. The lowest BCUT2D eigenvalue weighted by molar-refractivity contribution is -0.136. The Morgan fingerprint density at radius 2 is 2.00 bits per heavy atom. The van der Waals surface area contributed by atoms with E-state index in [1.165, 1.54) is 7.11 Å². The average molecular weight is 257 g/mol. The van der Waals surface area contributed by atoms with E-state index < -0.39 is 11.9 Å². The number of rotatable bonds is 5. The summed E-state index contributed by atoms with van der Waals surface area (Å²) in [5, 5.41) is 8.65. The minimum atomic E-state index is -0.905. The van der Waals surface area contributed by atoms with E-state index in [-0.39, 0.29) is 18.7 Å². The van der Waals surface area contributed by atoms with Crippen LogP contribution in [0.3, 0.4) is 0 Å². The van der Waals surface area contributed by atoms with Gasteiger partial charge in [0.05, 0.1) is 12.7 Å². The van der Waals surface area contributed by atoms with Crippen molar-refractivity contribution in [3.05, 3.63) is 34.9 Å². The summed E-state index contributed by atoms with van der Waals surface area (Å²) in [5.74, 6) is -1.20. The van der Waals surface area contributed by atoms with Crippen LogP contribution in [0.5, 0.6) is 0 Å². The third-order valence-corrected chi connectivity index (χ3v) is 2.67. The van der Waals surface area contributed by atoms with Gasteiger partial charge in [-0.15, -0.1) is 11.6 Å². The predicted molar refractivity (Wildman–Crippen MR) is 63.3 cm³/mol. The second-order valence-electron chi connectivity index (χ2n) is 3.47. The van der Waals surface area contributed by atoms with E-state index in [0.29, 0.717) is 16.7 Å². The van der Waals surface area contributed by atoms with Crippen molar-refractivity contribution in [2.24, 2.45) is 0 Å². The molecule has 0 aromatic heterocycles. The van der Waals surface area contributed by atoms with Crippen molar-refractivity contribution in [2.45, 2.75) is 18.7 Å².